The number of aliphatic carboxylic acids is 1. The normalized spacial score (nSPS) is 12.1. The molecular weight excluding hydrogens is 280 g/mol. The van der Waals surface area contributed by atoms with Crippen molar-refractivity contribution in [1.29, 1.82) is 0 Å². The molecule has 0 saturated carbocycles. The number of urea groups is 1. The van der Waals surface area contributed by atoms with Crippen LogP contribution in [0.2, 0.25) is 0 Å². The van der Waals surface area contributed by atoms with Crippen LogP contribution in [0.3, 0.4) is 0 Å². The second kappa shape index (κ2) is 8.11. The number of nitrogens with one attached hydrogen (secondary N) is 2. The molecule has 0 fully saturated rings. The third-order valence-corrected chi connectivity index (χ3v) is 3.37. The van der Waals surface area contributed by atoms with Gasteiger partial charge in [0.2, 0.25) is 0 Å². The topological polar surface area (TPSA) is 95.5 Å². The van der Waals surface area contributed by atoms with Crippen molar-refractivity contribution < 1.29 is 19.5 Å². The predicted octanol–water partition coefficient (Wildman–Crippen LogP) is 2.06. The predicted molar refractivity (Wildman–Crippen MR) is 75.4 cm³/mol. The van der Waals surface area contributed by atoms with Crippen LogP contribution in [0.4, 0.5) is 4.79 Å². The van der Waals surface area contributed by atoms with Crippen LogP contribution < -0.4 is 10.6 Å². The van der Waals surface area contributed by atoms with E-state index in [2.05, 4.69) is 10.6 Å². The number of carboxylic acid groups (broad SMARTS) is 1. The lowest BCUT2D eigenvalue weighted by atomic mass is 10.1. The summed E-state index contributed by atoms with van der Waals surface area (Å²) in [6.07, 6.45) is 3.11. The summed E-state index contributed by atoms with van der Waals surface area (Å²) < 4.78 is 0. The zero-order chi connectivity index (χ0) is 15.0. The number of rotatable bonds is 6. The van der Waals surface area contributed by atoms with E-state index in [1.807, 2.05) is 24.4 Å². The summed E-state index contributed by atoms with van der Waals surface area (Å²) in [5.41, 5.74) is 0. The molecule has 0 aliphatic heterocycles. The Morgan fingerprint density at radius 2 is 2.15 bits per heavy atom. The Morgan fingerprint density at radius 1 is 1.40 bits per heavy atom. The van der Waals surface area contributed by atoms with Gasteiger partial charge in [-0.3, -0.25) is 10.1 Å². The largest absolute Gasteiger partial charge is 0.478 e. The number of thiophene rings is 1. The second-order valence-electron chi connectivity index (χ2n) is 3.99. The lowest BCUT2D eigenvalue weighted by Gasteiger charge is -2.16. The highest BCUT2D eigenvalue weighted by Crippen LogP contribution is 2.22. The average Bonchev–Trinajstić information content (AvgIpc) is 2.89. The molecule has 1 rings (SSSR count). The number of imide groups is 1. The van der Waals surface area contributed by atoms with Crippen molar-refractivity contribution in [2.45, 2.75) is 25.8 Å². The molecule has 3 amide bonds. The number of carbonyl (C=O) groups is 3. The molecule has 0 aliphatic rings. The van der Waals surface area contributed by atoms with Gasteiger partial charge in [-0.05, 0) is 17.9 Å². The maximum Gasteiger partial charge on any atom is 0.328 e. The van der Waals surface area contributed by atoms with E-state index in [1.54, 1.807) is 0 Å². The molecular formula is C13H16N2O4S. The molecule has 1 heterocycles. The van der Waals surface area contributed by atoms with E-state index in [0.29, 0.717) is 6.08 Å². The van der Waals surface area contributed by atoms with Gasteiger partial charge in [0, 0.05) is 17.0 Å². The molecule has 0 aromatic carbocycles. The monoisotopic (exact) mass is 296 g/mol. The summed E-state index contributed by atoms with van der Waals surface area (Å²) in [6.45, 7) is 2.00. The summed E-state index contributed by atoms with van der Waals surface area (Å²) in [6, 6.07) is 3.01. The Bertz CT molecular complexity index is 496. The van der Waals surface area contributed by atoms with Crippen LogP contribution in [0, 0.1) is 0 Å². The fraction of sp³-hybridized carbons (Fsp3) is 0.308. The lowest BCUT2D eigenvalue weighted by Crippen LogP contribution is -2.40. The molecule has 0 saturated heterocycles. The van der Waals surface area contributed by atoms with Crippen molar-refractivity contribution in [3.63, 3.8) is 0 Å². The Morgan fingerprint density at radius 3 is 2.70 bits per heavy atom. The van der Waals surface area contributed by atoms with E-state index in [4.69, 9.17) is 5.11 Å². The number of carboxylic acids is 1. The van der Waals surface area contributed by atoms with Crippen molar-refractivity contribution in [3.05, 3.63) is 34.5 Å². The maximum atomic E-state index is 11.7. The first-order chi connectivity index (χ1) is 9.52. The first-order valence-electron chi connectivity index (χ1n) is 6.08. The molecule has 0 radical (unpaired) electrons. The third-order valence-electron chi connectivity index (χ3n) is 2.38. The van der Waals surface area contributed by atoms with Gasteiger partial charge in [0.1, 0.15) is 0 Å². The zero-order valence-electron chi connectivity index (χ0n) is 11.0. The average molecular weight is 296 g/mol. The first-order valence-corrected chi connectivity index (χ1v) is 6.96. The first kappa shape index (κ1) is 15.9. The quantitative estimate of drug-likeness (QED) is 0.700. The number of amides is 3. The highest BCUT2D eigenvalue weighted by Gasteiger charge is 2.15. The molecule has 1 aromatic rings. The van der Waals surface area contributed by atoms with Gasteiger partial charge in [0.25, 0.3) is 5.91 Å². The van der Waals surface area contributed by atoms with Crippen molar-refractivity contribution in [1.82, 2.24) is 10.6 Å². The highest BCUT2D eigenvalue weighted by molar-refractivity contribution is 7.10. The van der Waals surface area contributed by atoms with Crippen LogP contribution in [0.25, 0.3) is 0 Å². The minimum Gasteiger partial charge on any atom is -0.478 e. The molecule has 1 aromatic heterocycles. The Labute approximate surface area is 120 Å². The van der Waals surface area contributed by atoms with Crippen LogP contribution in [-0.4, -0.2) is 23.0 Å². The Kier molecular flexibility index (Phi) is 6.45. The lowest BCUT2D eigenvalue weighted by molar-refractivity contribution is -0.131. The van der Waals surface area contributed by atoms with E-state index in [0.717, 1.165) is 23.8 Å². The summed E-state index contributed by atoms with van der Waals surface area (Å²) >= 11 is 1.53. The van der Waals surface area contributed by atoms with Crippen molar-refractivity contribution in [3.8, 4) is 0 Å². The van der Waals surface area contributed by atoms with Crippen molar-refractivity contribution in [2.24, 2.45) is 0 Å². The highest BCUT2D eigenvalue weighted by atomic mass is 32.1. The summed E-state index contributed by atoms with van der Waals surface area (Å²) in [5, 5.41) is 15.0. The fourth-order valence-electron chi connectivity index (χ4n) is 1.56. The fourth-order valence-corrected chi connectivity index (χ4v) is 2.37. The maximum absolute atomic E-state index is 11.7. The van der Waals surface area contributed by atoms with Crippen LogP contribution in [-0.2, 0) is 9.59 Å². The van der Waals surface area contributed by atoms with Crippen LogP contribution in [0.1, 0.15) is 30.7 Å². The molecule has 1 atom stereocenters. The molecule has 6 nitrogen and oxygen atoms in total. The van der Waals surface area contributed by atoms with Gasteiger partial charge in [0.15, 0.2) is 0 Å². The number of hydrogen-bond donors (Lipinski definition) is 3. The van der Waals surface area contributed by atoms with E-state index in [1.165, 1.54) is 11.3 Å². The van der Waals surface area contributed by atoms with Crippen LogP contribution in [0.5, 0.6) is 0 Å². The van der Waals surface area contributed by atoms with E-state index in [-0.39, 0.29) is 6.04 Å². The molecule has 3 N–H and O–H groups in total. The van der Waals surface area contributed by atoms with Gasteiger partial charge in [-0.2, -0.15) is 0 Å². The van der Waals surface area contributed by atoms with Gasteiger partial charge in [0.05, 0.1) is 6.04 Å². The molecule has 108 valence electrons. The molecule has 7 heteroatoms. The number of carbonyl (C=O) groups excluding carboxylic acids is 2. The SMILES string of the molecule is CCCC(NC(=O)NC(=O)C=CC(=O)O)c1cccs1. The van der Waals surface area contributed by atoms with Crippen LogP contribution >= 0.6 is 11.3 Å². The van der Waals surface area contributed by atoms with Crippen molar-refractivity contribution >= 4 is 29.2 Å². The van der Waals surface area contributed by atoms with E-state index in [9.17, 15) is 14.4 Å². The molecule has 20 heavy (non-hydrogen) atoms. The summed E-state index contributed by atoms with van der Waals surface area (Å²) in [4.78, 5) is 34.2. The molecule has 1 unspecified atom stereocenters. The summed E-state index contributed by atoms with van der Waals surface area (Å²) in [7, 11) is 0. The van der Waals surface area contributed by atoms with Crippen LogP contribution in [0.15, 0.2) is 29.7 Å². The summed E-state index contributed by atoms with van der Waals surface area (Å²) in [5.74, 6) is -2.02. The van der Waals surface area contributed by atoms with Gasteiger partial charge < -0.3 is 10.4 Å². The third kappa shape index (κ3) is 5.66. The smallest absolute Gasteiger partial charge is 0.328 e. The molecule has 0 spiro atoms. The van der Waals surface area contributed by atoms with E-state index >= 15 is 0 Å². The van der Waals surface area contributed by atoms with Gasteiger partial charge >= 0.3 is 12.0 Å². The Hall–Kier alpha value is -2.15. The van der Waals surface area contributed by atoms with E-state index < -0.39 is 17.9 Å². The minimum absolute atomic E-state index is 0.156. The van der Waals surface area contributed by atoms with Gasteiger partial charge in [-0.1, -0.05) is 19.4 Å². The molecule has 0 bridgehead atoms. The van der Waals surface area contributed by atoms with Gasteiger partial charge in [-0.25, -0.2) is 9.59 Å². The molecule has 0 aliphatic carbocycles. The van der Waals surface area contributed by atoms with Gasteiger partial charge in [-0.15, -0.1) is 11.3 Å². The zero-order valence-corrected chi connectivity index (χ0v) is 11.8. The standard InChI is InChI=1S/C13H16N2O4S/c1-2-4-9(10-5-3-8-20-10)14-13(19)15-11(16)6-7-12(17)18/h3,5-9H,2,4H2,1H3,(H,17,18)(H2,14,15,16,19). The second-order valence-corrected chi connectivity index (χ2v) is 4.97. The Balaban J connectivity index is 2.54. The van der Waals surface area contributed by atoms with Crippen molar-refractivity contribution in [2.75, 3.05) is 0 Å². The number of hydrogen-bond acceptors (Lipinski definition) is 4. The minimum atomic E-state index is -1.25.